The molecule has 258 valence electrons. The Hall–Kier alpha value is -4.99. The second-order valence-electron chi connectivity index (χ2n) is 14.8. The lowest BCUT2D eigenvalue weighted by Gasteiger charge is -2.33. The molecule has 0 aliphatic carbocycles. The summed E-state index contributed by atoms with van der Waals surface area (Å²) in [6.07, 6.45) is 1.89. The Labute approximate surface area is 294 Å². The van der Waals surface area contributed by atoms with Crippen molar-refractivity contribution in [3.63, 3.8) is 0 Å². The number of aromatic nitrogens is 2. The van der Waals surface area contributed by atoms with Crippen molar-refractivity contribution >= 4 is 34.2 Å². The SMILES string of the molecule is CN(C)CC(C)(C)CNC(=O)c1ccc2c(c1)CN(c1ccccc1)C(c1ccc(CN3CCC(n4c(=O)[nH]c5ccccc54)CC3)cc1)=N2. The van der Waals surface area contributed by atoms with Gasteiger partial charge >= 0.3 is 5.69 Å². The molecule has 9 nitrogen and oxygen atoms in total. The third-order valence-corrected chi connectivity index (χ3v) is 9.86. The lowest BCUT2D eigenvalue weighted by Crippen LogP contribution is -2.40. The van der Waals surface area contributed by atoms with Crippen LogP contribution in [0, 0.1) is 5.41 Å². The number of carbonyl (C=O) groups excluding carboxylic acids is 1. The molecule has 2 N–H and O–H groups in total. The maximum absolute atomic E-state index is 13.2. The second-order valence-corrected chi connectivity index (χ2v) is 14.8. The average molecular weight is 670 g/mol. The molecular formula is C41H47N7O2. The summed E-state index contributed by atoms with van der Waals surface area (Å²) in [5.41, 5.74) is 7.75. The minimum Gasteiger partial charge on any atom is -0.351 e. The van der Waals surface area contributed by atoms with E-state index in [4.69, 9.17) is 4.99 Å². The number of para-hydroxylation sites is 3. The van der Waals surface area contributed by atoms with Crippen molar-refractivity contribution in [2.75, 3.05) is 45.2 Å². The fourth-order valence-electron chi connectivity index (χ4n) is 7.55. The summed E-state index contributed by atoms with van der Waals surface area (Å²) in [5.74, 6) is 0.829. The highest BCUT2D eigenvalue weighted by atomic mass is 16.2. The number of likely N-dealkylation sites (tertiary alicyclic amines) is 1. The first-order valence-corrected chi connectivity index (χ1v) is 17.6. The highest BCUT2D eigenvalue weighted by Gasteiger charge is 2.26. The predicted octanol–water partition coefficient (Wildman–Crippen LogP) is 6.58. The predicted molar refractivity (Wildman–Crippen MR) is 202 cm³/mol. The maximum Gasteiger partial charge on any atom is 0.326 e. The Bertz CT molecular complexity index is 2050. The van der Waals surface area contributed by atoms with E-state index < -0.39 is 0 Å². The van der Waals surface area contributed by atoms with Gasteiger partial charge in [0, 0.05) is 55.6 Å². The van der Waals surface area contributed by atoms with E-state index in [9.17, 15) is 9.59 Å². The number of H-pyrrole nitrogens is 1. The van der Waals surface area contributed by atoms with Gasteiger partial charge in [-0.25, -0.2) is 9.79 Å². The van der Waals surface area contributed by atoms with E-state index in [0.29, 0.717) is 18.7 Å². The summed E-state index contributed by atoms with van der Waals surface area (Å²) in [6, 6.07) is 33.1. The zero-order valence-electron chi connectivity index (χ0n) is 29.5. The highest BCUT2D eigenvalue weighted by Crippen LogP contribution is 2.33. The second kappa shape index (κ2) is 14.1. The fourth-order valence-corrected chi connectivity index (χ4v) is 7.55. The lowest BCUT2D eigenvalue weighted by molar-refractivity contribution is 0.0929. The Morgan fingerprint density at radius 3 is 2.40 bits per heavy atom. The van der Waals surface area contributed by atoms with Gasteiger partial charge in [0.25, 0.3) is 5.91 Å². The van der Waals surface area contributed by atoms with Gasteiger partial charge in [-0.05, 0) is 85.9 Å². The van der Waals surface area contributed by atoms with Crippen LogP contribution in [0.3, 0.4) is 0 Å². The lowest BCUT2D eigenvalue weighted by atomic mass is 9.93. The van der Waals surface area contributed by atoms with Crippen molar-refractivity contribution in [3.8, 4) is 0 Å². The molecule has 1 saturated heterocycles. The quantitative estimate of drug-likeness (QED) is 0.175. The van der Waals surface area contributed by atoms with Gasteiger partial charge in [0.05, 0.1) is 23.3 Å². The molecule has 9 heteroatoms. The van der Waals surface area contributed by atoms with Crippen LogP contribution in [0.4, 0.5) is 11.4 Å². The number of amides is 1. The number of amidine groups is 1. The summed E-state index contributed by atoms with van der Waals surface area (Å²) in [5, 5.41) is 3.15. The van der Waals surface area contributed by atoms with E-state index in [2.05, 4.69) is 89.3 Å². The van der Waals surface area contributed by atoms with Crippen LogP contribution in [0.15, 0.2) is 107 Å². The largest absolute Gasteiger partial charge is 0.351 e. The smallest absolute Gasteiger partial charge is 0.326 e. The van der Waals surface area contributed by atoms with E-state index in [0.717, 1.165) is 78.4 Å². The summed E-state index contributed by atoms with van der Waals surface area (Å²) in [4.78, 5) is 41.0. The van der Waals surface area contributed by atoms with E-state index in [-0.39, 0.29) is 23.1 Å². The van der Waals surface area contributed by atoms with Crippen LogP contribution in [0.1, 0.15) is 59.8 Å². The van der Waals surface area contributed by atoms with Gasteiger partial charge in [0.2, 0.25) is 0 Å². The molecule has 7 rings (SSSR count). The van der Waals surface area contributed by atoms with Gasteiger partial charge in [0.1, 0.15) is 5.84 Å². The van der Waals surface area contributed by atoms with Gasteiger partial charge in [-0.1, -0.05) is 68.4 Å². The van der Waals surface area contributed by atoms with Crippen molar-refractivity contribution in [2.45, 2.75) is 45.8 Å². The minimum absolute atomic E-state index is 0.0146. The highest BCUT2D eigenvalue weighted by molar-refractivity contribution is 6.12. The molecule has 0 unspecified atom stereocenters. The number of rotatable bonds is 10. The number of hydrogen-bond acceptors (Lipinski definition) is 6. The number of carbonyl (C=O) groups is 1. The molecule has 0 radical (unpaired) electrons. The number of piperidine rings is 1. The van der Waals surface area contributed by atoms with Crippen LogP contribution < -0.4 is 15.9 Å². The van der Waals surface area contributed by atoms with Gasteiger partial charge < -0.3 is 20.1 Å². The molecule has 3 heterocycles. The average Bonchev–Trinajstić information content (AvgIpc) is 3.46. The van der Waals surface area contributed by atoms with Crippen molar-refractivity contribution in [3.05, 3.63) is 130 Å². The molecule has 0 saturated carbocycles. The van der Waals surface area contributed by atoms with E-state index in [1.807, 2.05) is 65.2 Å². The molecule has 0 bridgehead atoms. The summed E-state index contributed by atoms with van der Waals surface area (Å²) in [6.45, 7) is 9.18. The minimum atomic E-state index is -0.0626. The standard InChI is InChI=1S/C41H47N7O2/c1-41(2,28-45(3)4)27-42-39(49)31-18-19-35-32(24-31)26-47(33-10-6-5-7-11-33)38(43-35)30-16-14-29(15-17-30)25-46-22-20-34(21-23-46)48-37-13-9-8-12-36(37)44-40(48)50/h5-19,24,34H,20-23,25-28H2,1-4H3,(H,42,49)(H,44,50). The Morgan fingerprint density at radius 2 is 1.66 bits per heavy atom. The van der Waals surface area contributed by atoms with Crippen LogP contribution >= 0.6 is 0 Å². The van der Waals surface area contributed by atoms with Crippen molar-refractivity contribution in [2.24, 2.45) is 10.4 Å². The Balaban J connectivity index is 1.05. The van der Waals surface area contributed by atoms with Gasteiger partial charge in [-0.2, -0.15) is 0 Å². The molecule has 0 atom stereocenters. The van der Waals surface area contributed by atoms with Crippen LogP contribution in [0.25, 0.3) is 11.0 Å². The van der Waals surface area contributed by atoms with E-state index >= 15 is 0 Å². The summed E-state index contributed by atoms with van der Waals surface area (Å²) < 4.78 is 1.95. The monoisotopic (exact) mass is 669 g/mol. The summed E-state index contributed by atoms with van der Waals surface area (Å²) in [7, 11) is 4.11. The number of imidazole rings is 1. The molecule has 2 aliphatic rings. The van der Waals surface area contributed by atoms with Crippen molar-refractivity contribution in [1.82, 2.24) is 24.7 Å². The van der Waals surface area contributed by atoms with Gasteiger partial charge in [0.15, 0.2) is 0 Å². The molecule has 5 aromatic rings. The summed E-state index contributed by atoms with van der Waals surface area (Å²) >= 11 is 0. The molecule has 50 heavy (non-hydrogen) atoms. The zero-order valence-corrected chi connectivity index (χ0v) is 29.5. The number of aromatic amines is 1. The Kier molecular flexibility index (Phi) is 9.44. The number of benzene rings is 4. The number of hydrogen-bond donors (Lipinski definition) is 2. The van der Waals surface area contributed by atoms with Crippen LogP contribution in [-0.2, 0) is 13.1 Å². The molecular weight excluding hydrogens is 622 g/mol. The number of anilines is 1. The van der Waals surface area contributed by atoms with Crippen LogP contribution in [0.2, 0.25) is 0 Å². The molecule has 2 aliphatic heterocycles. The number of fused-ring (bicyclic) bond motifs is 2. The van der Waals surface area contributed by atoms with Crippen molar-refractivity contribution < 1.29 is 4.79 Å². The first-order valence-electron chi connectivity index (χ1n) is 17.6. The van der Waals surface area contributed by atoms with E-state index in [1.165, 1.54) is 5.56 Å². The van der Waals surface area contributed by atoms with Crippen LogP contribution in [0.5, 0.6) is 0 Å². The number of aliphatic imine (C=N–C) groups is 1. The molecule has 0 spiro atoms. The number of nitrogens with one attached hydrogen (secondary N) is 2. The molecule has 1 aromatic heterocycles. The molecule has 1 fully saturated rings. The fraction of sp³-hybridized carbons (Fsp3) is 0.341. The van der Waals surface area contributed by atoms with E-state index in [1.54, 1.807) is 0 Å². The maximum atomic E-state index is 13.2. The first kappa shape index (κ1) is 33.5. The normalized spacial score (nSPS) is 15.7. The third kappa shape index (κ3) is 7.29. The Morgan fingerprint density at radius 1 is 0.940 bits per heavy atom. The molecule has 4 aromatic carbocycles. The zero-order chi connectivity index (χ0) is 34.8. The topological polar surface area (TPSA) is 89.0 Å². The van der Waals surface area contributed by atoms with Crippen molar-refractivity contribution in [1.29, 1.82) is 0 Å². The molecule has 1 amide bonds. The third-order valence-electron chi connectivity index (χ3n) is 9.86. The van der Waals surface area contributed by atoms with Gasteiger partial charge in [-0.15, -0.1) is 0 Å². The first-order chi connectivity index (χ1) is 24.1. The van der Waals surface area contributed by atoms with Crippen LogP contribution in [-0.4, -0.2) is 71.4 Å². The number of nitrogens with zero attached hydrogens (tertiary/aromatic N) is 5. The van der Waals surface area contributed by atoms with Gasteiger partial charge in [-0.3, -0.25) is 14.3 Å².